The van der Waals surface area contributed by atoms with Crippen LogP contribution in [0.3, 0.4) is 0 Å². The zero-order valence-electron chi connectivity index (χ0n) is 8.36. The molecule has 0 atom stereocenters. The summed E-state index contributed by atoms with van der Waals surface area (Å²) in [5.74, 6) is 0.133. The molecular formula is C11H14N2O. The Morgan fingerprint density at radius 1 is 1.43 bits per heavy atom. The van der Waals surface area contributed by atoms with Crippen molar-refractivity contribution in [2.75, 3.05) is 13.1 Å². The molecule has 0 saturated carbocycles. The number of aryl methyl sites for hydroxylation is 1. The highest BCUT2D eigenvalue weighted by molar-refractivity contribution is 5.95. The molecule has 14 heavy (non-hydrogen) atoms. The van der Waals surface area contributed by atoms with E-state index in [2.05, 4.69) is 4.98 Å². The lowest BCUT2D eigenvalue weighted by molar-refractivity contribution is 0.0791. The third-order valence-electron chi connectivity index (χ3n) is 2.63. The molecule has 0 radical (unpaired) electrons. The Bertz CT molecular complexity index is 343. The Hall–Kier alpha value is -1.38. The number of aromatic nitrogens is 1. The van der Waals surface area contributed by atoms with E-state index in [4.69, 9.17) is 0 Å². The molecule has 1 aromatic heterocycles. The van der Waals surface area contributed by atoms with Crippen LogP contribution in [0.15, 0.2) is 18.3 Å². The third kappa shape index (κ3) is 1.62. The van der Waals surface area contributed by atoms with Gasteiger partial charge in [0.15, 0.2) is 0 Å². The average Bonchev–Trinajstić information content (AvgIpc) is 2.70. The highest BCUT2D eigenvalue weighted by Gasteiger charge is 2.20. The summed E-state index contributed by atoms with van der Waals surface area (Å²) in [6.45, 7) is 3.67. The van der Waals surface area contributed by atoms with Crippen molar-refractivity contribution in [3.63, 3.8) is 0 Å². The summed E-state index contributed by atoms with van der Waals surface area (Å²) in [6.07, 6.45) is 3.98. The maximum Gasteiger partial charge on any atom is 0.255 e. The number of amides is 1. The lowest BCUT2D eigenvalue weighted by Gasteiger charge is -2.15. The molecule has 2 heterocycles. The van der Waals surface area contributed by atoms with Crippen LogP contribution < -0.4 is 0 Å². The molecule has 0 N–H and O–H groups in total. The van der Waals surface area contributed by atoms with E-state index in [1.165, 1.54) is 0 Å². The minimum Gasteiger partial charge on any atom is -0.339 e. The van der Waals surface area contributed by atoms with E-state index in [-0.39, 0.29) is 5.91 Å². The van der Waals surface area contributed by atoms with Crippen molar-refractivity contribution in [3.8, 4) is 0 Å². The van der Waals surface area contributed by atoms with Gasteiger partial charge in [-0.2, -0.15) is 0 Å². The second-order valence-corrected chi connectivity index (χ2v) is 3.64. The van der Waals surface area contributed by atoms with Crippen molar-refractivity contribution in [1.82, 2.24) is 9.88 Å². The molecule has 0 unspecified atom stereocenters. The van der Waals surface area contributed by atoms with Gasteiger partial charge in [0.05, 0.1) is 5.56 Å². The first-order valence-corrected chi connectivity index (χ1v) is 5.00. The van der Waals surface area contributed by atoms with Gasteiger partial charge in [0.2, 0.25) is 0 Å². The van der Waals surface area contributed by atoms with Crippen LogP contribution in [0.1, 0.15) is 28.9 Å². The molecule has 1 aromatic rings. The van der Waals surface area contributed by atoms with Gasteiger partial charge < -0.3 is 4.90 Å². The van der Waals surface area contributed by atoms with Crippen LogP contribution in [0.5, 0.6) is 0 Å². The summed E-state index contributed by atoms with van der Waals surface area (Å²) in [5, 5.41) is 0. The van der Waals surface area contributed by atoms with E-state index in [0.29, 0.717) is 0 Å². The van der Waals surface area contributed by atoms with Crippen LogP contribution in [-0.4, -0.2) is 28.9 Å². The number of nitrogens with zero attached hydrogens (tertiary/aromatic N) is 2. The molecule has 1 saturated heterocycles. The molecule has 1 aliphatic rings. The summed E-state index contributed by atoms with van der Waals surface area (Å²) >= 11 is 0. The van der Waals surface area contributed by atoms with E-state index in [1.54, 1.807) is 6.20 Å². The quantitative estimate of drug-likeness (QED) is 0.674. The second kappa shape index (κ2) is 3.78. The summed E-state index contributed by atoms with van der Waals surface area (Å²) in [5.41, 5.74) is 1.57. The van der Waals surface area contributed by atoms with Crippen molar-refractivity contribution in [1.29, 1.82) is 0 Å². The molecule has 0 aromatic carbocycles. The molecule has 0 aliphatic carbocycles. The number of carbonyl (C=O) groups excluding carboxylic acids is 1. The second-order valence-electron chi connectivity index (χ2n) is 3.64. The van der Waals surface area contributed by atoms with Crippen LogP contribution in [0.2, 0.25) is 0 Å². The smallest absolute Gasteiger partial charge is 0.255 e. The molecule has 3 heteroatoms. The van der Waals surface area contributed by atoms with Gasteiger partial charge in [0.25, 0.3) is 5.91 Å². The Kier molecular flexibility index (Phi) is 2.48. The SMILES string of the molecule is Cc1ncccc1C(=O)N1CCCC1. The number of hydrogen-bond acceptors (Lipinski definition) is 2. The fraction of sp³-hybridized carbons (Fsp3) is 0.455. The number of hydrogen-bond donors (Lipinski definition) is 0. The van der Waals surface area contributed by atoms with Crippen LogP contribution >= 0.6 is 0 Å². The van der Waals surface area contributed by atoms with Gasteiger partial charge in [-0.05, 0) is 31.9 Å². The standard InChI is InChI=1S/C11H14N2O/c1-9-10(5-4-6-12-9)11(14)13-7-2-3-8-13/h4-6H,2-3,7-8H2,1H3. The first-order chi connectivity index (χ1) is 6.79. The zero-order valence-corrected chi connectivity index (χ0v) is 8.36. The lowest BCUT2D eigenvalue weighted by Crippen LogP contribution is -2.28. The molecule has 74 valence electrons. The van der Waals surface area contributed by atoms with Gasteiger partial charge in [-0.25, -0.2) is 0 Å². The Balaban J connectivity index is 2.22. The normalized spacial score (nSPS) is 15.9. The number of carbonyl (C=O) groups is 1. The number of rotatable bonds is 1. The minimum atomic E-state index is 0.133. The Morgan fingerprint density at radius 3 is 2.79 bits per heavy atom. The maximum atomic E-state index is 12.0. The van der Waals surface area contributed by atoms with Gasteiger partial charge in [0, 0.05) is 25.0 Å². The van der Waals surface area contributed by atoms with Crippen molar-refractivity contribution in [2.45, 2.75) is 19.8 Å². The Morgan fingerprint density at radius 2 is 2.14 bits per heavy atom. The largest absolute Gasteiger partial charge is 0.339 e. The van der Waals surface area contributed by atoms with Crippen LogP contribution in [0, 0.1) is 6.92 Å². The van der Waals surface area contributed by atoms with Gasteiger partial charge in [-0.1, -0.05) is 0 Å². The van der Waals surface area contributed by atoms with E-state index < -0.39 is 0 Å². The topological polar surface area (TPSA) is 33.2 Å². The molecular weight excluding hydrogens is 176 g/mol. The van der Waals surface area contributed by atoms with Gasteiger partial charge in [-0.15, -0.1) is 0 Å². The predicted octanol–water partition coefficient (Wildman–Crippen LogP) is 1.63. The first-order valence-electron chi connectivity index (χ1n) is 5.00. The summed E-state index contributed by atoms with van der Waals surface area (Å²) in [7, 11) is 0. The van der Waals surface area contributed by atoms with E-state index >= 15 is 0 Å². The highest BCUT2D eigenvalue weighted by atomic mass is 16.2. The van der Waals surface area contributed by atoms with Crippen LogP contribution in [-0.2, 0) is 0 Å². The average molecular weight is 190 g/mol. The molecule has 3 nitrogen and oxygen atoms in total. The van der Waals surface area contributed by atoms with E-state index in [0.717, 1.165) is 37.2 Å². The van der Waals surface area contributed by atoms with Gasteiger partial charge >= 0.3 is 0 Å². The predicted molar refractivity (Wildman–Crippen MR) is 54.1 cm³/mol. The fourth-order valence-corrected chi connectivity index (χ4v) is 1.80. The first kappa shape index (κ1) is 9.19. The highest BCUT2D eigenvalue weighted by Crippen LogP contribution is 2.13. The van der Waals surface area contributed by atoms with Gasteiger partial charge in [-0.3, -0.25) is 9.78 Å². The third-order valence-corrected chi connectivity index (χ3v) is 2.63. The van der Waals surface area contributed by atoms with Crippen LogP contribution in [0.25, 0.3) is 0 Å². The molecule has 0 bridgehead atoms. The maximum absolute atomic E-state index is 12.0. The molecule has 2 rings (SSSR count). The summed E-state index contributed by atoms with van der Waals surface area (Å²) < 4.78 is 0. The molecule has 1 aliphatic heterocycles. The zero-order chi connectivity index (χ0) is 9.97. The molecule has 0 spiro atoms. The number of likely N-dealkylation sites (tertiary alicyclic amines) is 1. The lowest BCUT2D eigenvalue weighted by atomic mass is 10.2. The summed E-state index contributed by atoms with van der Waals surface area (Å²) in [4.78, 5) is 18.0. The minimum absolute atomic E-state index is 0.133. The van der Waals surface area contributed by atoms with Crippen LogP contribution in [0.4, 0.5) is 0 Å². The van der Waals surface area contributed by atoms with E-state index in [1.807, 2.05) is 24.0 Å². The monoisotopic (exact) mass is 190 g/mol. The number of pyridine rings is 1. The van der Waals surface area contributed by atoms with Gasteiger partial charge in [0.1, 0.15) is 0 Å². The van der Waals surface area contributed by atoms with Crippen molar-refractivity contribution in [3.05, 3.63) is 29.6 Å². The van der Waals surface area contributed by atoms with Crippen molar-refractivity contribution < 1.29 is 4.79 Å². The molecule has 1 amide bonds. The van der Waals surface area contributed by atoms with Crippen molar-refractivity contribution >= 4 is 5.91 Å². The fourth-order valence-electron chi connectivity index (χ4n) is 1.80. The van der Waals surface area contributed by atoms with Crippen molar-refractivity contribution in [2.24, 2.45) is 0 Å². The van der Waals surface area contributed by atoms with E-state index in [9.17, 15) is 4.79 Å². The molecule has 1 fully saturated rings. The summed E-state index contributed by atoms with van der Waals surface area (Å²) in [6, 6.07) is 3.67. The Labute approximate surface area is 83.8 Å².